The van der Waals surface area contributed by atoms with Crippen molar-refractivity contribution < 1.29 is 18.4 Å². The number of aryl methyl sites for hydroxylation is 1. The fourth-order valence-electron chi connectivity index (χ4n) is 2.95. The highest BCUT2D eigenvalue weighted by atomic mass is 79.9. The number of carbonyl (C=O) groups is 2. The minimum Gasteiger partial charge on any atom is -0.457 e. The van der Waals surface area contributed by atoms with Gasteiger partial charge >= 0.3 is 0 Å². The number of carbonyl (C=O) groups excluding carboxylic acids is 2. The fourth-order valence-corrected chi connectivity index (χ4v) is 4.01. The van der Waals surface area contributed by atoms with Crippen LogP contribution in [0.5, 0.6) is 0 Å². The van der Waals surface area contributed by atoms with Crippen LogP contribution in [0.2, 0.25) is 0 Å². The molecule has 2 heterocycles. The van der Waals surface area contributed by atoms with E-state index in [0.29, 0.717) is 17.1 Å². The molecule has 4 nitrogen and oxygen atoms in total. The molecule has 1 aliphatic heterocycles. The average Bonchev–Trinajstić information content (AvgIpc) is 3.26. The molecule has 1 aromatic heterocycles. The number of hydrogen-bond donors (Lipinski definition) is 0. The van der Waals surface area contributed by atoms with Crippen LogP contribution in [-0.2, 0) is 11.3 Å². The highest BCUT2D eigenvalue weighted by Gasteiger charge is 2.35. The zero-order valence-corrected chi connectivity index (χ0v) is 17.7. The fraction of sp³-hybridized carbons (Fsp3) is 0.0909. The maximum Gasteiger partial charge on any atom is 0.293 e. The van der Waals surface area contributed by atoms with E-state index in [-0.39, 0.29) is 11.4 Å². The lowest BCUT2D eigenvalue weighted by molar-refractivity contribution is -0.123. The summed E-state index contributed by atoms with van der Waals surface area (Å²) >= 11 is 4.29. The first-order valence-electron chi connectivity index (χ1n) is 8.77. The summed E-state index contributed by atoms with van der Waals surface area (Å²) in [5.41, 5.74) is 2.29. The summed E-state index contributed by atoms with van der Waals surface area (Å²) in [6.45, 7) is 1.89. The second-order valence-corrected chi connectivity index (χ2v) is 8.37. The Labute approximate surface area is 179 Å². The molecule has 1 fully saturated rings. The highest BCUT2D eigenvalue weighted by Crippen LogP contribution is 2.34. The number of halogens is 2. The Balaban J connectivity index is 1.55. The first kappa shape index (κ1) is 19.7. The van der Waals surface area contributed by atoms with E-state index in [1.54, 1.807) is 30.3 Å². The first-order valence-corrected chi connectivity index (χ1v) is 10.4. The molecular weight excluding hydrogens is 457 g/mol. The van der Waals surface area contributed by atoms with Crippen LogP contribution in [0.25, 0.3) is 17.4 Å². The Morgan fingerprint density at radius 3 is 2.69 bits per heavy atom. The molecule has 4 rings (SSSR count). The number of furan rings is 1. The summed E-state index contributed by atoms with van der Waals surface area (Å²) in [6.07, 6.45) is 1.54. The van der Waals surface area contributed by atoms with Crippen molar-refractivity contribution in [3.8, 4) is 11.3 Å². The molecule has 7 heteroatoms. The van der Waals surface area contributed by atoms with Gasteiger partial charge in [0.1, 0.15) is 17.3 Å². The van der Waals surface area contributed by atoms with E-state index in [1.165, 1.54) is 6.07 Å². The van der Waals surface area contributed by atoms with Crippen LogP contribution < -0.4 is 0 Å². The van der Waals surface area contributed by atoms with E-state index in [1.807, 2.05) is 31.2 Å². The summed E-state index contributed by atoms with van der Waals surface area (Å²) in [5.74, 6) is 0.228. The van der Waals surface area contributed by atoms with E-state index in [9.17, 15) is 14.0 Å². The molecule has 0 spiro atoms. The zero-order valence-electron chi connectivity index (χ0n) is 15.3. The van der Waals surface area contributed by atoms with Crippen LogP contribution in [-0.4, -0.2) is 16.0 Å². The molecule has 2 amide bonds. The molecule has 2 aromatic carbocycles. The van der Waals surface area contributed by atoms with Crippen molar-refractivity contribution in [2.75, 3.05) is 0 Å². The lowest BCUT2D eigenvalue weighted by Crippen LogP contribution is -2.27. The van der Waals surface area contributed by atoms with Crippen molar-refractivity contribution in [3.63, 3.8) is 0 Å². The van der Waals surface area contributed by atoms with Gasteiger partial charge in [-0.25, -0.2) is 4.39 Å². The Morgan fingerprint density at radius 2 is 1.93 bits per heavy atom. The molecule has 0 N–H and O–H groups in total. The van der Waals surface area contributed by atoms with E-state index in [4.69, 9.17) is 4.42 Å². The normalized spacial score (nSPS) is 15.6. The third-order valence-electron chi connectivity index (χ3n) is 4.50. The molecule has 29 heavy (non-hydrogen) atoms. The molecule has 0 aliphatic carbocycles. The van der Waals surface area contributed by atoms with Crippen LogP contribution >= 0.6 is 27.7 Å². The van der Waals surface area contributed by atoms with Gasteiger partial charge in [-0.3, -0.25) is 14.5 Å². The summed E-state index contributed by atoms with van der Waals surface area (Å²) in [5, 5.41) is -0.431. The topological polar surface area (TPSA) is 50.5 Å². The van der Waals surface area contributed by atoms with Gasteiger partial charge in [-0.2, -0.15) is 0 Å². The molecule has 0 atom stereocenters. The summed E-state index contributed by atoms with van der Waals surface area (Å²) < 4.78 is 20.7. The van der Waals surface area contributed by atoms with E-state index >= 15 is 0 Å². The smallest absolute Gasteiger partial charge is 0.293 e. The third-order valence-corrected chi connectivity index (χ3v) is 6.30. The van der Waals surface area contributed by atoms with Crippen LogP contribution in [0.3, 0.4) is 0 Å². The van der Waals surface area contributed by atoms with Gasteiger partial charge in [-0.05, 0) is 54.6 Å². The summed E-state index contributed by atoms with van der Waals surface area (Å²) in [6, 6.07) is 15.5. The number of benzene rings is 2. The second-order valence-electron chi connectivity index (χ2n) is 6.53. The van der Waals surface area contributed by atoms with Crippen LogP contribution in [0.1, 0.15) is 16.9 Å². The maximum absolute atomic E-state index is 13.9. The number of hydrogen-bond acceptors (Lipinski definition) is 4. The molecule has 1 aliphatic rings. The van der Waals surface area contributed by atoms with Gasteiger partial charge in [0, 0.05) is 21.7 Å². The van der Waals surface area contributed by atoms with Crippen LogP contribution in [0.15, 0.2) is 68.4 Å². The van der Waals surface area contributed by atoms with Crippen LogP contribution in [0.4, 0.5) is 9.18 Å². The van der Waals surface area contributed by atoms with Gasteiger partial charge in [0.2, 0.25) is 0 Å². The Morgan fingerprint density at radius 1 is 1.14 bits per heavy atom. The van der Waals surface area contributed by atoms with Crippen molar-refractivity contribution >= 4 is 44.9 Å². The molecule has 3 aromatic rings. The second kappa shape index (κ2) is 8.00. The van der Waals surface area contributed by atoms with E-state index in [2.05, 4.69) is 15.9 Å². The molecule has 0 saturated carbocycles. The zero-order chi connectivity index (χ0) is 20.5. The number of amides is 2. The molecule has 1 saturated heterocycles. The minimum atomic E-state index is -0.458. The number of rotatable bonds is 4. The predicted octanol–water partition coefficient (Wildman–Crippen LogP) is 6.39. The number of imide groups is 1. The Kier molecular flexibility index (Phi) is 5.43. The van der Waals surface area contributed by atoms with Gasteiger partial charge in [0.15, 0.2) is 0 Å². The standard InChI is InChI=1S/C22H15BrFNO3S/c1-13-10-14(6-8-17(13)23)19-9-7-16(28-19)11-20-21(26)25(22(27)29-20)12-15-4-2-3-5-18(15)24/h2-11H,12H2,1H3/b20-11-. The Hall–Kier alpha value is -2.64. The van der Waals surface area contributed by atoms with Crippen molar-refractivity contribution in [3.05, 3.63) is 86.7 Å². The first-order chi connectivity index (χ1) is 13.9. The SMILES string of the molecule is Cc1cc(-c2ccc(/C=C3\SC(=O)N(Cc4ccccc4F)C3=O)o2)ccc1Br. The maximum atomic E-state index is 13.9. The van der Waals surface area contributed by atoms with E-state index < -0.39 is 17.0 Å². The van der Waals surface area contributed by atoms with Gasteiger partial charge < -0.3 is 4.42 Å². The number of thioether (sulfide) groups is 1. The van der Waals surface area contributed by atoms with Gasteiger partial charge in [0.25, 0.3) is 11.1 Å². The minimum absolute atomic E-state index is 0.101. The lowest BCUT2D eigenvalue weighted by atomic mass is 10.1. The van der Waals surface area contributed by atoms with Crippen molar-refractivity contribution in [2.45, 2.75) is 13.5 Å². The highest BCUT2D eigenvalue weighted by molar-refractivity contribution is 9.10. The molecule has 0 unspecified atom stereocenters. The summed E-state index contributed by atoms with van der Waals surface area (Å²) in [7, 11) is 0. The molecule has 146 valence electrons. The van der Waals surface area contributed by atoms with Gasteiger partial charge in [0.05, 0.1) is 11.4 Å². The molecule has 0 radical (unpaired) electrons. The van der Waals surface area contributed by atoms with Crippen molar-refractivity contribution in [1.82, 2.24) is 4.90 Å². The number of nitrogens with zero attached hydrogens (tertiary/aromatic N) is 1. The van der Waals surface area contributed by atoms with Gasteiger partial charge in [-0.1, -0.05) is 40.2 Å². The Bertz CT molecular complexity index is 1150. The predicted molar refractivity (Wildman–Crippen MR) is 114 cm³/mol. The average molecular weight is 472 g/mol. The quantitative estimate of drug-likeness (QED) is 0.413. The monoisotopic (exact) mass is 471 g/mol. The van der Waals surface area contributed by atoms with Crippen LogP contribution in [0, 0.1) is 12.7 Å². The van der Waals surface area contributed by atoms with Crippen molar-refractivity contribution in [1.29, 1.82) is 0 Å². The largest absolute Gasteiger partial charge is 0.457 e. The lowest BCUT2D eigenvalue weighted by Gasteiger charge is -2.12. The third kappa shape index (κ3) is 4.06. The van der Waals surface area contributed by atoms with Gasteiger partial charge in [-0.15, -0.1) is 0 Å². The van der Waals surface area contributed by atoms with Crippen molar-refractivity contribution in [2.24, 2.45) is 0 Å². The van der Waals surface area contributed by atoms with E-state index in [0.717, 1.165) is 32.3 Å². The summed E-state index contributed by atoms with van der Waals surface area (Å²) in [4.78, 5) is 26.2. The molecular formula is C22H15BrFNO3S. The molecule has 0 bridgehead atoms.